The van der Waals surface area contributed by atoms with Crippen LogP contribution in [0, 0.1) is 6.92 Å². The first-order valence-corrected chi connectivity index (χ1v) is 9.84. The van der Waals surface area contributed by atoms with E-state index in [0.717, 1.165) is 61.5 Å². The molecule has 0 unspecified atom stereocenters. The van der Waals surface area contributed by atoms with E-state index in [2.05, 4.69) is 42.3 Å². The smallest absolute Gasteiger partial charge is 0.191 e. The van der Waals surface area contributed by atoms with Crippen molar-refractivity contribution >= 4 is 41.3 Å². The third-order valence-corrected chi connectivity index (χ3v) is 5.32. The fraction of sp³-hybridized carbons (Fsp3) is 0.647. The van der Waals surface area contributed by atoms with E-state index in [0.29, 0.717) is 0 Å². The molecule has 2 N–H and O–H groups in total. The predicted octanol–water partition coefficient (Wildman–Crippen LogP) is 2.34. The van der Waals surface area contributed by atoms with E-state index in [1.807, 2.05) is 6.20 Å². The van der Waals surface area contributed by atoms with Crippen molar-refractivity contribution in [3.05, 3.63) is 27.7 Å². The van der Waals surface area contributed by atoms with Crippen molar-refractivity contribution in [3.8, 4) is 0 Å². The molecule has 3 heterocycles. The summed E-state index contributed by atoms with van der Waals surface area (Å²) in [6, 6.07) is 0. The molecule has 2 aromatic heterocycles. The van der Waals surface area contributed by atoms with E-state index in [1.165, 1.54) is 24.1 Å². The van der Waals surface area contributed by atoms with Gasteiger partial charge in [0.1, 0.15) is 11.6 Å². The van der Waals surface area contributed by atoms with Crippen LogP contribution in [-0.4, -0.2) is 45.8 Å². The second-order valence-corrected chi connectivity index (χ2v) is 7.60. The molecular formula is C17H28IN7S. The van der Waals surface area contributed by atoms with E-state index in [1.54, 1.807) is 18.4 Å². The number of nitrogens with one attached hydrogen (secondary N) is 2. The first kappa shape index (κ1) is 21.1. The highest BCUT2D eigenvalue weighted by Gasteiger charge is 2.14. The first-order chi connectivity index (χ1) is 12.3. The van der Waals surface area contributed by atoms with E-state index in [4.69, 9.17) is 0 Å². The summed E-state index contributed by atoms with van der Waals surface area (Å²) in [5.41, 5.74) is 0. The number of nitrogens with zero attached hydrogens (tertiary/aromatic N) is 5. The number of hydrogen-bond donors (Lipinski definition) is 2. The number of thiazole rings is 1. The van der Waals surface area contributed by atoms with Crippen molar-refractivity contribution < 1.29 is 0 Å². The van der Waals surface area contributed by atoms with Gasteiger partial charge in [-0.05, 0) is 19.8 Å². The quantitative estimate of drug-likeness (QED) is 0.370. The molecule has 0 amide bonds. The summed E-state index contributed by atoms with van der Waals surface area (Å²) in [6.07, 6.45) is 8.50. The topological polar surface area (TPSA) is 80.0 Å². The number of fused-ring (bicyclic) bond motifs is 1. The van der Waals surface area contributed by atoms with Gasteiger partial charge in [0.15, 0.2) is 5.96 Å². The maximum absolute atomic E-state index is 4.38. The largest absolute Gasteiger partial charge is 0.356 e. The van der Waals surface area contributed by atoms with E-state index < -0.39 is 0 Å². The van der Waals surface area contributed by atoms with Gasteiger partial charge in [0, 0.05) is 57.0 Å². The van der Waals surface area contributed by atoms with Gasteiger partial charge in [0.2, 0.25) is 0 Å². The SMILES string of the molecule is CN=C(NCCc1ncc(C)s1)NCCc1nnc2n1CCCCC2.I. The highest BCUT2D eigenvalue weighted by atomic mass is 127. The fourth-order valence-electron chi connectivity index (χ4n) is 3.05. The number of rotatable bonds is 6. The second kappa shape index (κ2) is 10.8. The van der Waals surface area contributed by atoms with Crippen LogP contribution in [0.2, 0.25) is 0 Å². The standard InChI is InChI=1S/C17H27N7S.HI/c1-13-12-21-16(25-13)8-10-20-17(18-2)19-9-7-15-23-22-14-6-4-3-5-11-24(14)15;/h12H,3-11H2,1-2H3,(H2,18,19,20);1H. The van der Waals surface area contributed by atoms with Gasteiger partial charge in [-0.2, -0.15) is 0 Å². The summed E-state index contributed by atoms with van der Waals surface area (Å²) in [4.78, 5) is 9.92. The van der Waals surface area contributed by atoms with Crippen molar-refractivity contribution in [3.63, 3.8) is 0 Å². The summed E-state index contributed by atoms with van der Waals surface area (Å²) < 4.78 is 2.30. The highest BCUT2D eigenvalue weighted by Crippen LogP contribution is 2.14. The third-order valence-electron chi connectivity index (χ3n) is 4.35. The van der Waals surface area contributed by atoms with Gasteiger partial charge >= 0.3 is 0 Å². The van der Waals surface area contributed by atoms with Crippen molar-refractivity contribution in [1.82, 2.24) is 30.4 Å². The molecule has 0 bridgehead atoms. The Labute approximate surface area is 176 Å². The Bertz CT molecular complexity index is 710. The number of halogens is 1. The van der Waals surface area contributed by atoms with Gasteiger partial charge in [-0.3, -0.25) is 4.99 Å². The van der Waals surface area contributed by atoms with Gasteiger partial charge < -0.3 is 15.2 Å². The summed E-state index contributed by atoms with van der Waals surface area (Å²) >= 11 is 1.75. The first-order valence-electron chi connectivity index (χ1n) is 9.03. The van der Waals surface area contributed by atoms with Crippen LogP contribution in [0.5, 0.6) is 0 Å². The Morgan fingerprint density at radius 1 is 1.19 bits per heavy atom. The third kappa shape index (κ3) is 5.90. The average molecular weight is 489 g/mol. The van der Waals surface area contributed by atoms with Crippen molar-refractivity contribution in [2.75, 3.05) is 20.1 Å². The van der Waals surface area contributed by atoms with Crippen LogP contribution in [-0.2, 0) is 25.8 Å². The number of aromatic nitrogens is 4. The maximum atomic E-state index is 4.38. The lowest BCUT2D eigenvalue weighted by Gasteiger charge is -2.12. The number of aliphatic imine (C=N–C) groups is 1. The predicted molar refractivity (Wildman–Crippen MR) is 117 cm³/mol. The minimum absolute atomic E-state index is 0. The zero-order chi connectivity index (χ0) is 17.5. The molecule has 0 spiro atoms. The van der Waals surface area contributed by atoms with Gasteiger partial charge in [-0.25, -0.2) is 4.98 Å². The molecule has 1 aliphatic heterocycles. The summed E-state index contributed by atoms with van der Waals surface area (Å²) in [6.45, 7) is 4.76. The highest BCUT2D eigenvalue weighted by molar-refractivity contribution is 14.0. The van der Waals surface area contributed by atoms with Crippen LogP contribution in [0.3, 0.4) is 0 Å². The zero-order valence-electron chi connectivity index (χ0n) is 15.5. The normalized spacial score (nSPS) is 14.3. The number of aryl methyl sites for hydroxylation is 2. The molecule has 7 nitrogen and oxygen atoms in total. The summed E-state index contributed by atoms with van der Waals surface area (Å²) in [7, 11) is 1.80. The fourth-order valence-corrected chi connectivity index (χ4v) is 3.83. The molecule has 144 valence electrons. The van der Waals surface area contributed by atoms with Gasteiger partial charge in [-0.1, -0.05) is 6.42 Å². The van der Waals surface area contributed by atoms with Crippen molar-refractivity contribution in [2.45, 2.75) is 52.0 Å². The molecule has 26 heavy (non-hydrogen) atoms. The van der Waals surface area contributed by atoms with E-state index >= 15 is 0 Å². The Morgan fingerprint density at radius 2 is 2.00 bits per heavy atom. The molecule has 0 fully saturated rings. The van der Waals surface area contributed by atoms with E-state index in [9.17, 15) is 0 Å². The summed E-state index contributed by atoms with van der Waals surface area (Å²) in [5, 5.41) is 16.6. The minimum Gasteiger partial charge on any atom is -0.356 e. The minimum atomic E-state index is 0. The van der Waals surface area contributed by atoms with Crippen molar-refractivity contribution in [1.29, 1.82) is 0 Å². The molecular weight excluding hydrogens is 461 g/mol. The maximum Gasteiger partial charge on any atom is 0.191 e. The lowest BCUT2D eigenvalue weighted by atomic mass is 10.2. The lowest BCUT2D eigenvalue weighted by molar-refractivity contribution is 0.600. The Morgan fingerprint density at radius 3 is 2.73 bits per heavy atom. The van der Waals surface area contributed by atoms with Crippen LogP contribution >= 0.6 is 35.3 Å². The molecule has 0 radical (unpaired) electrons. The molecule has 0 atom stereocenters. The van der Waals surface area contributed by atoms with Crippen LogP contribution in [0.4, 0.5) is 0 Å². The molecule has 3 rings (SSSR count). The second-order valence-electron chi connectivity index (χ2n) is 6.29. The van der Waals surface area contributed by atoms with Crippen molar-refractivity contribution in [2.24, 2.45) is 4.99 Å². The van der Waals surface area contributed by atoms with Gasteiger partial charge in [0.25, 0.3) is 0 Å². The average Bonchev–Trinajstić information content (AvgIpc) is 3.12. The van der Waals surface area contributed by atoms with E-state index in [-0.39, 0.29) is 24.0 Å². The zero-order valence-corrected chi connectivity index (χ0v) is 18.6. The Kier molecular flexibility index (Phi) is 8.76. The molecule has 0 saturated carbocycles. The Hall–Kier alpha value is -1.23. The van der Waals surface area contributed by atoms with Crippen LogP contribution in [0.15, 0.2) is 11.2 Å². The van der Waals surface area contributed by atoms with Crippen LogP contribution < -0.4 is 10.6 Å². The van der Waals surface area contributed by atoms with Gasteiger partial charge in [-0.15, -0.1) is 45.5 Å². The molecule has 0 aliphatic carbocycles. The van der Waals surface area contributed by atoms with Crippen LogP contribution in [0.1, 0.15) is 40.8 Å². The molecule has 1 aliphatic rings. The monoisotopic (exact) mass is 489 g/mol. The molecule has 9 heteroatoms. The Balaban J connectivity index is 0.00000243. The molecule has 0 saturated heterocycles. The van der Waals surface area contributed by atoms with Gasteiger partial charge in [0.05, 0.1) is 5.01 Å². The molecule has 0 aromatic carbocycles. The van der Waals surface area contributed by atoms with Crippen LogP contribution in [0.25, 0.3) is 0 Å². The molecule has 2 aromatic rings. The number of hydrogen-bond acceptors (Lipinski definition) is 5. The number of guanidine groups is 1. The lowest BCUT2D eigenvalue weighted by Crippen LogP contribution is -2.39. The summed E-state index contributed by atoms with van der Waals surface area (Å²) in [5.74, 6) is 3.05.